The lowest BCUT2D eigenvalue weighted by Crippen LogP contribution is -2.08. The summed E-state index contributed by atoms with van der Waals surface area (Å²) in [6.45, 7) is 10.6. The molecule has 0 saturated carbocycles. The van der Waals surface area contributed by atoms with Gasteiger partial charge in [-0.2, -0.15) is 5.10 Å². The van der Waals surface area contributed by atoms with Crippen LogP contribution in [0.3, 0.4) is 0 Å². The van der Waals surface area contributed by atoms with Crippen LogP contribution in [0.15, 0.2) is 0 Å². The molecule has 0 radical (unpaired) electrons. The normalized spacial score (nSPS) is 13.3. The van der Waals surface area contributed by atoms with E-state index >= 15 is 0 Å². The van der Waals surface area contributed by atoms with Crippen LogP contribution < -0.4 is 0 Å². The molecule has 0 amide bonds. The molecule has 17 heavy (non-hydrogen) atoms. The van der Waals surface area contributed by atoms with Gasteiger partial charge in [-0.3, -0.25) is 4.68 Å². The molecule has 0 aromatic carbocycles. The molecule has 0 aliphatic carbocycles. The van der Waals surface area contributed by atoms with Gasteiger partial charge in [0.25, 0.3) is 0 Å². The number of hydrogen-bond acceptors (Lipinski definition) is 2. The number of nitrogens with zero attached hydrogens (tertiary/aromatic N) is 2. The number of rotatable bonds is 6. The quantitative estimate of drug-likeness (QED) is 0.812. The third kappa shape index (κ3) is 3.02. The Morgan fingerprint density at radius 2 is 1.88 bits per heavy atom. The average Bonchev–Trinajstić information content (AvgIpc) is 2.63. The number of unbranched alkanes of at least 4 members (excludes halogenated alkanes) is 1. The lowest BCUT2D eigenvalue weighted by Gasteiger charge is -2.10. The fourth-order valence-electron chi connectivity index (χ4n) is 2.01. The highest BCUT2D eigenvalue weighted by Gasteiger charge is 2.21. The van der Waals surface area contributed by atoms with Crippen molar-refractivity contribution >= 4 is 0 Å². The second kappa shape index (κ2) is 6.08. The molecular formula is C14H26N2O. The second-order valence-corrected chi connectivity index (χ2v) is 5.13. The predicted octanol–water partition coefficient (Wildman–Crippen LogP) is 4.03. The summed E-state index contributed by atoms with van der Waals surface area (Å²) in [6, 6.07) is 0.311. The van der Waals surface area contributed by atoms with Crippen LogP contribution in [-0.2, 0) is 6.42 Å². The average molecular weight is 238 g/mol. The Labute approximate surface area is 105 Å². The van der Waals surface area contributed by atoms with Crippen molar-refractivity contribution in [1.82, 2.24) is 9.78 Å². The Hall–Kier alpha value is -0.990. The third-order valence-electron chi connectivity index (χ3n) is 3.34. The van der Waals surface area contributed by atoms with Gasteiger partial charge in [0, 0.05) is 12.0 Å². The van der Waals surface area contributed by atoms with Crippen molar-refractivity contribution in [1.29, 1.82) is 0 Å². The van der Waals surface area contributed by atoms with E-state index in [9.17, 15) is 5.11 Å². The van der Waals surface area contributed by atoms with Gasteiger partial charge in [-0.25, -0.2) is 0 Å². The van der Waals surface area contributed by atoms with Gasteiger partial charge < -0.3 is 5.11 Å². The molecule has 98 valence electrons. The van der Waals surface area contributed by atoms with Crippen LogP contribution in [0.5, 0.6) is 5.75 Å². The Bertz CT molecular complexity index is 355. The Kier molecular flexibility index (Phi) is 5.03. The van der Waals surface area contributed by atoms with Crippen molar-refractivity contribution in [2.24, 2.45) is 0 Å². The van der Waals surface area contributed by atoms with E-state index in [1.54, 1.807) is 0 Å². The van der Waals surface area contributed by atoms with Crippen molar-refractivity contribution in [2.75, 3.05) is 0 Å². The van der Waals surface area contributed by atoms with Crippen molar-refractivity contribution < 1.29 is 5.11 Å². The highest BCUT2D eigenvalue weighted by Crippen LogP contribution is 2.32. The van der Waals surface area contributed by atoms with Crippen LogP contribution >= 0.6 is 0 Å². The molecule has 3 nitrogen and oxygen atoms in total. The molecule has 0 aliphatic rings. The SMILES string of the molecule is CCCCc1c(O)c(C(C)CC)nn1C(C)C. The summed E-state index contributed by atoms with van der Waals surface area (Å²) in [7, 11) is 0. The zero-order valence-corrected chi connectivity index (χ0v) is 11.8. The van der Waals surface area contributed by atoms with Gasteiger partial charge in [0.15, 0.2) is 5.75 Å². The van der Waals surface area contributed by atoms with Crippen LogP contribution in [0.1, 0.15) is 77.2 Å². The summed E-state index contributed by atoms with van der Waals surface area (Å²) in [5.41, 5.74) is 1.88. The summed E-state index contributed by atoms with van der Waals surface area (Å²) >= 11 is 0. The first kappa shape index (κ1) is 14.1. The summed E-state index contributed by atoms with van der Waals surface area (Å²) in [6.07, 6.45) is 4.17. The molecule has 3 heteroatoms. The minimum atomic E-state index is 0.311. The van der Waals surface area contributed by atoms with E-state index in [0.717, 1.165) is 37.1 Å². The minimum Gasteiger partial charge on any atom is -0.504 e. The molecule has 0 fully saturated rings. The van der Waals surface area contributed by atoms with Crippen LogP contribution in [0.2, 0.25) is 0 Å². The maximum atomic E-state index is 10.3. The van der Waals surface area contributed by atoms with E-state index in [4.69, 9.17) is 0 Å². The molecule has 1 aromatic rings. The van der Waals surface area contributed by atoms with Gasteiger partial charge in [-0.15, -0.1) is 0 Å². The molecule has 1 heterocycles. The summed E-state index contributed by atoms with van der Waals surface area (Å²) in [5.74, 6) is 0.761. The predicted molar refractivity (Wildman–Crippen MR) is 71.6 cm³/mol. The first-order chi connectivity index (χ1) is 8.02. The van der Waals surface area contributed by atoms with Crippen molar-refractivity contribution in [3.8, 4) is 5.75 Å². The van der Waals surface area contributed by atoms with E-state index in [1.807, 2.05) is 4.68 Å². The molecule has 0 bridgehead atoms. The number of aromatic hydroxyl groups is 1. The lowest BCUT2D eigenvalue weighted by atomic mass is 10.0. The van der Waals surface area contributed by atoms with E-state index < -0.39 is 0 Å². The summed E-state index contributed by atoms with van der Waals surface area (Å²) < 4.78 is 1.99. The van der Waals surface area contributed by atoms with E-state index in [-0.39, 0.29) is 0 Å². The first-order valence-corrected chi connectivity index (χ1v) is 6.83. The van der Waals surface area contributed by atoms with Crippen molar-refractivity contribution in [3.63, 3.8) is 0 Å². The molecule has 0 saturated heterocycles. The maximum absolute atomic E-state index is 10.3. The molecular weight excluding hydrogens is 212 g/mol. The third-order valence-corrected chi connectivity index (χ3v) is 3.34. The molecule has 1 unspecified atom stereocenters. The van der Waals surface area contributed by atoms with E-state index in [2.05, 4.69) is 39.7 Å². The van der Waals surface area contributed by atoms with Crippen LogP contribution in [-0.4, -0.2) is 14.9 Å². The summed E-state index contributed by atoms with van der Waals surface area (Å²) in [5, 5.41) is 14.9. The fourth-order valence-corrected chi connectivity index (χ4v) is 2.01. The van der Waals surface area contributed by atoms with Gasteiger partial charge in [0.05, 0.1) is 5.69 Å². The highest BCUT2D eigenvalue weighted by atomic mass is 16.3. The van der Waals surface area contributed by atoms with Gasteiger partial charge in [-0.05, 0) is 33.1 Å². The van der Waals surface area contributed by atoms with Crippen molar-refractivity contribution in [3.05, 3.63) is 11.4 Å². The number of hydrogen-bond donors (Lipinski definition) is 1. The topological polar surface area (TPSA) is 38.1 Å². The molecule has 1 N–H and O–H groups in total. The van der Waals surface area contributed by atoms with E-state index in [1.165, 1.54) is 0 Å². The minimum absolute atomic E-state index is 0.311. The maximum Gasteiger partial charge on any atom is 0.160 e. The van der Waals surface area contributed by atoms with Crippen LogP contribution in [0.25, 0.3) is 0 Å². The number of aromatic nitrogens is 2. The lowest BCUT2D eigenvalue weighted by molar-refractivity contribution is 0.447. The van der Waals surface area contributed by atoms with Gasteiger partial charge >= 0.3 is 0 Å². The molecule has 1 atom stereocenters. The highest BCUT2D eigenvalue weighted by molar-refractivity contribution is 5.35. The smallest absolute Gasteiger partial charge is 0.160 e. The zero-order valence-electron chi connectivity index (χ0n) is 11.8. The molecule has 1 rings (SSSR count). The zero-order chi connectivity index (χ0) is 13.0. The fraction of sp³-hybridized carbons (Fsp3) is 0.786. The summed E-state index contributed by atoms with van der Waals surface area (Å²) in [4.78, 5) is 0. The largest absolute Gasteiger partial charge is 0.504 e. The Morgan fingerprint density at radius 3 is 2.35 bits per heavy atom. The van der Waals surface area contributed by atoms with E-state index in [0.29, 0.717) is 17.7 Å². The van der Waals surface area contributed by atoms with Crippen molar-refractivity contribution in [2.45, 2.75) is 72.3 Å². The Balaban J connectivity index is 3.10. The first-order valence-electron chi connectivity index (χ1n) is 6.83. The molecule has 1 aromatic heterocycles. The van der Waals surface area contributed by atoms with Crippen LogP contribution in [0, 0.1) is 0 Å². The second-order valence-electron chi connectivity index (χ2n) is 5.13. The van der Waals surface area contributed by atoms with Gasteiger partial charge in [0.1, 0.15) is 5.69 Å². The molecule has 0 spiro atoms. The van der Waals surface area contributed by atoms with Gasteiger partial charge in [0.2, 0.25) is 0 Å². The van der Waals surface area contributed by atoms with Gasteiger partial charge in [-0.1, -0.05) is 27.2 Å². The standard InChI is InChI=1S/C14H26N2O/c1-6-8-9-12-14(17)13(11(5)7-2)15-16(12)10(3)4/h10-11,17H,6-9H2,1-5H3. The Morgan fingerprint density at radius 1 is 1.24 bits per heavy atom. The van der Waals surface area contributed by atoms with Crippen LogP contribution in [0.4, 0.5) is 0 Å². The molecule has 0 aliphatic heterocycles. The monoisotopic (exact) mass is 238 g/mol.